The molecule has 1 N–H and O–H groups in total. The molecule has 76 valence electrons. The zero-order chi connectivity index (χ0) is 9.97. The van der Waals surface area contributed by atoms with Gasteiger partial charge < -0.3 is 9.88 Å². The highest BCUT2D eigenvalue weighted by Crippen LogP contribution is 2.19. The summed E-state index contributed by atoms with van der Waals surface area (Å²) in [6, 6.07) is 0.309. The van der Waals surface area contributed by atoms with E-state index in [9.17, 15) is 4.79 Å². The number of hydrogen-bond donors (Lipinski definition) is 1. The van der Waals surface area contributed by atoms with E-state index >= 15 is 0 Å². The van der Waals surface area contributed by atoms with Crippen molar-refractivity contribution in [1.29, 1.82) is 0 Å². The van der Waals surface area contributed by atoms with Crippen LogP contribution in [0.3, 0.4) is 0 Å². The highest BCUT2D eigenvalue weighted by molar-refractivity contribution is 6.16. The number of rotatable bonds is 2. The number of hydrogen-bond acceptors (Lipinski definition) is 2. The summed E-state index contributed by atoms with van der Waals surface area (Å²) in [5.74, 6) is 0.596. The molecule has 1 atom stereocenters. The molecule has 4 nitrogen and oxygen atoms in total. The summed E-state index contributed by atoms with van der Waals surface area (Å²) in [4.78, 5) is 15.0. The van der Waals surface area contributed by atoms with Crippen LogP contribution in [0.5, 0.6) is 0 Å². The van der Waals surface area contributed by atoms with E-state index in [1.165, 1.54) is 0 Å². The SMILES string of the molecule is O=C1CCC(n2cncc2CCl)CN1. The number of alkyl halides is 1. The second kappa shape index (κ2) is 4.00. The van der Waals surface area contributed by atoms with E-state index in [0.717, 1.165) is 12.1 Å². The molecule has 1 fully saturated rings. The van der Waals surface area contributed by atoms with E-state index in [1.54, 1.807) is 12.5 Å². The standard InChI is InChI=1S/C9H12ClN3O/c10-3-8-4-11-6-13(8)7-1-2-9(14)12-5-7/h4,6-7H,1-3,5H2,(H,12,14). The van der Waals surface area contributed by atoms with E-state index in [-0.39, 0.29) is 5.91 Å². The third-order valence-electron chi connectivity index (χ3n) is 2.52. The number of carbonyl (C=O) groups is 1. The highest BCUT2D eigenvalue weighted by atomic mass is 35.5. The number of carbonyl (C=O) groups excluding carboxylic acids is 1. The first-order valence-electron chi connectivity index (χ1n) is 4.64. The predicted octanol–water partition coefficient (Wildman–Crippen LogP) is 1.07. The van der Waals surface area contributed by atoms with Crippen molar-refractivity contribution in [1.82, 2.24) is 14.9 Å². The van der Waals surface area contributed by atoms with Crippen LogP contribution in [0.4, 0.5) is 0 Å². The van der Waals surface area contributed by atoms with Crippen molar-refractivity contribution in [3.63, 3.8) is 0 Å². The van der Waals surface area contributed by atoms with Crippen LogP contribution in [-0.2, 0) is 10.7 Å². The number of amides is 1. The lowest BCUT2D eigenvalue weighted by Crippen LogP contribution is -2.36. The minimum atomic E-state index is 0.133. The monoisotopic (exact) mass is 213 g/mol. The van der Waals surface area contributed by atoms with E-state index in [2.05, 4.69) is 10.3 Å². The van der Waals surface area contributed by atoms with Gasteiger partial charge in [-0.05, 0) is 6.42 Å². The van der Waals surface area contributed by atoms with Crippen molar-refractivity contribution < 1.29 is 4.79 Å². The average molecular weight is 214 g/mol. The topological polar surface area (TPSA) is 46.9 Å². The number of piperidine rings is 1. The van der Waals surface area contributed by atoms with E-state index in [0.29, 0.717) is 24.9 Å². The Hall–Kier alpha value is -1.03. The lowest BCUT2D eigenvalue weighted by atomic mass is 10.1. The van der Waals surface area contributed by atoms with Gasteiger partial charge in [0.1, 0.15) is 0 Å². The van der Waals surface area contributed by atoms with Crippen LogP contribution in [0.2, 0.25) is 0 Å². The maximum atomic E-state index is 11.0. The number of aromatic nitrogens is 2. The summed E-state index contributed by atoms with van der Waals surface area (Å²) in [7, 11) is 0. The molecule has 1 saturated heterocycles. The minimum absolute atomic E-state index is 0.133. The summed E-state index contributed by atoms with van der Waals surface area (Å²) >= 11 is 5.77. The van der Waals surface area contributed by atoms with Gasteiger partial charge in [0, 0.05) is 19.2 Å². The Morgan fingerprint density at radius 2 is 2.57 bits per heavy atom. The molecule has 14 heavy (non-hydrogen) atoms. The fourth-order valence-corrected chi connectivity index (χ4v) is 1.93. The molecule has 0 radical (unpaired) electrons. The molecule has 2 heterocycles. The molecule has 1 amide bonds. The molecule has 2 rings (SSSR count). The molecule has 1 aliphatic rings. The van der Waals surface area contributed by atoms with Crippen LogP contribution >= 0.6 is 11.6 Å². The molecule has 1 aromatic heterocycles. The largest absolute Gasteiger partial charge is 0.354 e. The Labute approximate surface area is 87.3 Å². The summed E-state index contributed by atoms with van der Waals surface area (Å²) in [5.41, 5.74) is 1.01. The van der Waals surface area contributed by atoms with Crippen molar-refractivity contribution in [2.24, 2.45) is 0 Å². The molecule has 1 aliphatic heterocycles. The molecule has 1 aromatic rings. The molecule has 0 saturated carbocycles. The molecule has 0 aromatic carbocycles. The molecular weight excluding hydrogens is 202 g/mol. The van der Waals surface area contributed by atoms with Crippen molar-refractivity contribution in [2.75, 3.05) is 6.54 Å². The number of imidazole rings is 1. The summed E-state index contributed by atoms with van der Waals surface area (Å²) < 4.78 is 2.05. The normalized spacial score (nSPS) is 22.1. The first-order valence-corrected chi connectivity index (χ1v) is 5.18. The Morgan fingerprint density at radius 1 is 1.71 bits per heavy atom. The Bertz CT molecular complexity index is 327. The molecule has 0 spiro atoms. The lowest BCUT2D eigenvalue weighted by molar-refractivity contribution is -0.122. The van der Waals surface area contributed by atoms with E-state index < -0.39 is 0 Å². The van der Waals surface area contributed by atoms with Gasteiger partial charge in [0.05, 0.1) is 23.9 Å². The zero-order valence-corrected chi connectivity index (χ0v) is 8.50. The first-order chi connectivity index (χ1) is 6.81. The molecule has 0 aliphatic carbocycles. The first kappa shape index (κ1) is 9.52. The van der Waals surface area contributed by atoms with Crippen molar-refractivity contribution in [3.8, 4) is 0 Å². The lowest BCUT2D eigenvalue weighted by Gasteiger charge is -2.24. The quantitative estimate of drug-likeness (QED) is 0.748. The van der Waals surface area contributed by atoms with E-state index in [4.69, 9.17) is 11.6 Å². The van der Waals surface area contributed by atoms with Crippen LogP contribution in [-0.4, -0.2) is 22.0 Å². The van der Waals surface area contributed by atoms with Gasteiger partial charge >= 0.3 is 0 Å². The third kappa shape index (κ3) is 1.75. The van der Waals surface area contributed by atoms with Crippen LogP contribution in [0.15, 0.2) is 12.5 Å². The van der Waals surface area contributed by atoms with Gasteiger partial charge in [-0.2, -0.15) is 0 Å². The Kier molecular flexibility index (Phi) is 2.72. The van der Waals surface area contributed by atoms with Gasteiger partial charge in [-0.1, -0.05) is 0 Å². The van der Waals surface area contributed by atoms with Crippen LogP contribution in [0.25, 0.3) is 0 Å². The van der Waals surface area contributed by atoms with E-state index in [1.807, 2.05) is 4.57 Å². The Morgan fingerprint density at radius 3 is 3.21 bits per heavy atom. The second-order valence-electron chi connectivity index (χ2n) is 3.42. The fourth-order valence-electron chi connectivity index (χ4n) is 1.72. The number of nitrogens with one attached hydrogen (secondary N) is 1. The highest BCUT2D eigenvalue weighted by Gasteiger charge is 2.20. The number of halogens is 1. The number of nitrogens with zero attached hydrogens (tertiary/aromatic N) is 2. The van der Waals surface area contributed by atoms with Gasteiger partial charge in [-0.25, -0.2) is 4.98 Å². The fraction of sp³-hybridized carbons (Fsp3) is 0.556. The maximum Gasteiger partial charge on any atom is 0.220 e. The molecule has 5 heteroatoms. The predicted molar refractivity (Wildman–Crippen MR) is 53.1 cm³/mol. The van der Waals surface area contributed by atoms with Gasteiger partial charge in [0.2, 0.25) is 5.91 Å². The second-order valence-corrected chi connectivity index (χ2v) is 3.69. The van der Waals surface area contributed by atoms with Crippen molar-refractivity contribution >= 4 is 17.5 Å². The Balaban J connectivity index is 2.11. The average Bonchev–Trinajstić information content (AvgIpc) is 2.67. The third-order valence-corrected chi connectivity index (χ3v) is 2.79. The van der Waals surface area contributed by atoms with Gasteiger partial charge in [0.25, 0.3) is 0 Å². The molecule has 0 bridgehead atoms. The van der Waals surface area contributed by atoms with Gasteiger partial charge in [0.15, 0.2) is 0 Å². The smallest absolute Gasteiger partial charge is 0.220 e. The summed E-state index contributed by atoms with van der Waals surface area (Å²) in [6.07, 6.45) is 5.00. The van der Waals surface area contributed by atoms with Crippen molar-refractivity contribution in [2.45, 2.75) is 24.8 Å². The summed E-state index contributed by atoms with van der Waals surface area (Å²) in [6.45, 7) is 0.680. The van der Waals surface area contributed by atoms with Crippen LogP contribution in [0, 0.1) is 0 Å². The van der Waals surface area contributed by atoms with Crippen molar-refractivity contribution in [3.05, 3.63) is 18.2 Å². The van der Waals surface area contributed by atoms with Crippen LogP contribution < -0.4 is 5.32 Å². The minimum Gasteiger partial charge on any atom is -0.354 e. The molecular formula is C9H12ClN3O. The van der Waals surface area contributed by atoms with Gasteiger partial charge in [-0.3, -0.25) is 4.79 Å². The summed E-state index contributed by atoms with van der Waals surface area (Å²) in [5, 5.41) is 2.84. The zero-order valence-electron chi connectivity index (χ0n) is 7.74. The maximum absolute atomic E-state index is 11.0. The van der Waals surface area contributed by atoms with Gasteiger partial charge in [-0.15, -0.1) is 11.6 Å². The van der Waals surface area contributed by atoms with Crippen LogP contribution in [0.1, 0.15) is 24.6 Å². The molecule has 1 unspecified atom stereocenters.